The molecule has 1 saturated heterocycles. The molecule has 6 heteroatoms. The van der Waals surface area contributed by atoms with E-state index in [1.165, 1.54) is 0 Å². The number of likely N-dealkylation sites (tertiary alicyclic amines) is 1. The minimum Gasteiger partial charge on any atom is -0.396 e. The number of benzene rings is 1. The van der Waals surface area contributed by atoms with Gasteiger partial charge in [-0.15, -0.1) is 0 Å². The first-order chi connectivity index (χ1) is 10.5. The van der Waals surface area contributed by atoms with Crippen LogP contribution in [0.4, 0.5) is 11.4 Å². The lowest BCUT2D eigenvalue weighted by molar-refractivity contribution is -0.121. The first-order valence-corrected chi connectivity index (χ1v) is 7.74. The molecule has 22 heavy (non-hydrogen) atoms. The van der Waals surface area contributed by atoms with E-state index < -0.39 is 5.91 Å². The van der Waals surface area contributed by atoms with Crippen molar-refractivity contribution < 1.29 is 9.59 Å². The van der Waals surface area contributed by atoms with Crippen molar-refractivity contribution in [3.63, 3.8) is 0 Å². The molecule has 6 nitrogen and oxygen atoms in total. The van der Waals surface area contributed by atoms with Gasteiger partial charge in [-0.25, -0.2) is 0 Å². The second-order valence-corrected chi connectivity index (χ2v) is 5.74. The third-order valence-corrected chi connectivity index (χ3v) is 4.13. The predicted molar refractivity (Wildman–Crippen MR) is 87.5 cm³/mol. The molecule has 0 radical (unpaired) electrons. The van der Waals surface area contributed by atoms with E-state index in [1.807, 2.05) is 0 Å². The van der Waals surface area contributed by atoms with Gasteiger partial charge in [0.05, 0.1) is 16.9 Å². The van der Waals surface area contributed by atoms with Crippen LogP contribution in [0, 0.1) is 5.92 Å². The van der Waals surface area contributed by atoms with Crippen LogP contribution in [0.5, 0.6) is 0 Å². The molecule has 1 aromatic rings. The van der Waals surface area contributed by atoms with E-state index in [1.54, 1.807) is 18.2 Å². The van der Waals surface area contributed by atoms with E-state index in [0.29, 0.717) is 5.69 Å². The largest absolute Gasteiger partial charge is 0.396 e. The van der Waals surface area contributed by atoms with Crippen molar-refractivity contribution in [3.05, 3.63) is 23.8 Å². The van der Waals surface area contributed by atoms with Crippen LogP contribution in [-0.2, 0) is 4.79 Å². The number of nitrogen functional groups attached to an aromatic ring is 1. The Morgan fingerprint density at radius 1 is 1.32 bits per heavy atom. The first kappa shape index (κ1) is 16.3. The molecular formula is C16H24N4O2. The number of para-hydroxylation sites is 1. The molecule has 0 saturated carbocycles. The zero-order valence-corrected chi connectivity index (χ0v) is 13.0. The molecule has 2 amide bonds. The maximum absolute atomic E-state index is 12.4. The van der Waals surface area contributed by atoms with E-state index in [-0.39, 0.29) is 23.1 Å². The van der Waals surface area contributed by atoms with Gasteiger partial charge in [0.2, 0.25) is 5.91 Å². The van der Waals surface area contributed by atoms with Crippen LogP contribution in [0.1, 0.15) is 36.5 Å². The van der Waals surface area contributed by atoms with Crippen LogP contribution in [0.3, 0.4) is 0 Å². The monoisotopic (exact) mass is 304 g/mol. The molecule has 1 heterocycles. The number of nitrogens with one attached hydrogen (secondary N) is 1. The first-order valence-electron chi connectivity index (χ1n) is 7.74. The van der Waals surface area contributed by atoms with Crippen molar-refractivity contribution in [3.8, 4) is 0 Å². The predicted octanol–water partition coefficient (Wildman–Crippen LogP) is 1.43. The van der Waals surface area contributed by atoms with Crippen molar-refractivity contribution in [1.82, 2.24) is 4.90 Å². The minimum atomic E-state index is -0.596. The Bertz CT molecular complexity index is 551. The molecular weight excluding hydrogens is 280 g/mol. The number of piperidine rings is 1. The maximum atomic E-state index is 12.4. The van der Waals surface area contributed by atoms with Crippen molar-refractivity contribution in [2.75, 3.05) is 30.7 Å². The number of hydrogen-bond acceptors (Lipinski definition) is 4. The number of primary amides is 1. The molecule has 1 aliphatic rings. The van der Waals surface area contributed by atoms with E-state index in [4.69, 9.17) is 11.5 Å². The summed E-state index contributed by atoms with van der Waals surface area (Å²) in [6.45, 7) is 5.14. The van der Waals surface area contributed by atoms with Crippen molar-refractivity contribution in [1.29, 1.82) is 0 Å². The van der Waals surface area contributed by atoms with Crippen LogP contribution in [0.25, 0.3) is 0 Å². The van der Waals surface area contributed by atoms with Gasteiger partial charge in [0.15, 0.2) is 0 Å². The Balaban J connectivity index is 1.98. The van der Waals surface area contributed by atoms with Gasteiger partial charge in [0, 0.05) is 5.92 Å². The quantitative estimate of drug-likeness (QED) is 0.716. The fraction of sp³-hybridized carbons (Fsp3) is 0.500. The lowest BCUT2D eigenvalue weighted by atomic mass is 9.95. The smallest absolute Gasteiger partial charge is 0.250 e. The van der Waals surface area contributed by atoms with Crippen LogP contribution < -0.4 is 16.8 Å². The van der Waals surface area contributed by atoms with Gasteiger partial charge in [-0.2, -0.15) is 0 Å². The zero-order chi connectivity index (χ0) is 16.1. The molecule has 0 unspecified atom stereocenters. The second-order valence-electron chi connectivity index (χ2n) is 5.74. The standard InChI is InChI=1S/C16H24N4O2/c1-2-8-20-9-6-11(7-10-20)16(22)19-13-5-3-4-12(14(13)17)15(18)21/h3-5,11H,2,6-10,17H2,1H3,(H2,18,21)(H,19,22). The summed E-state index contributed by atoms with van der Waals surface area (Å²) in [6.07, 6.45) is 2.83. The normalized spacial score (nSPS) is 16.4. The molecule has 5 N–H and O–H groups in total. The van der Waals surface area contributed by atoms with Gasteiger partial charge in [-0.05, 0) is 51.0 Å². The summed E-state index contributed by atoms with van der Waals surface area (Å²) < 4.78 is 0. The van der Waals surface area contributed by atoms with Crippen molar-refractivity contribution >= 4 is 23.2 Å². The molecule has 1 fully saturated rings. The zero-order valence-electron chi connectivity index (χ0n) is 13.0. The topological polar surface area (TPSA) is 101 Å². The van der Waals surface area contributed by atoms with Crippen LogP contribution in [0.2, 0.25) is 0 Å². The second kappa shape index (κ2) is 7.26. The molecule has 0 spiro atoms. The van der Waals surface area contributed by atoms with Crippen LogP contribution >= 0.6 is 0 Å². The summed E-state index contributed by atoms with van der Waals surface area (Å²) in [5.74, 6) is -0.643. The van der Waals surface area contributed by atoms with Crippen molar-refractivity contribution in [2.24, 2.45) is 11.7 Å². The van der Waals surface area contributed by atoms with Gasteiger partial charge < -0.3 is 21.7 Å². The highest BCUT2D eigenvalue weighted by atomic mass is 16.2. The lowest BCUT2D eigenvalue weighted by Gasteiger charge is -2.31. The summed E-state index contributed by atoms with van der Waals surface area (Å²) in [7, 11) is 0. The summed E-state index contributed by atoms with van der Waals surface area (Å²) in [5, 5.41) is 2.83. The Labute approximate surface area is 130 Å². The summed E-state index contributed by atoms with van der Waals surface area (Å²) in [4.78, 5) is 26.0. The number of nitrogens with two attached hydrogens (primary N) is 2. The van der Waals surface area contributed by atoms with E-state index in [0.717, 1.165) is 38.9 Å². The number of nitrogens with zero attached hydrogens (tertiary/aromatic N) is 1. The molecule has 0 atom stereocenters. The highest BCUT2D eigenvalue weighted by molar-refractivity contribution is 6.04. The van der Waals surface area contributed by atoms with Gasteiger partial charge in [0.1, 0.15) is 0 Å². The number of carbonyl (C=O) groups is 2. The highest BCUT2D eigenvalue weighted by Gasteiger charge is 2.25. The van der Waals surface area contributed by atoms with E-state index in [2.05, 4.69) is 17.1 Å². The molecule has 1 aromatic carbocycles. The van der Waals surface area contributed by atoms with Crippen molar-refractivity contribution in [2.45, 2.75) is 26.2 Å². The van der Waals surface area contributed by atoms with Crippen LogP contribution in [0.15, 0.2) is 18.2 Å². The molecule has 120 valence electrons. The van der Waals surface area contributed by atoms with E-state index in [9.17, 15) is 9.59 Å². The van der Waals surface area contributed by atoms with Gasteiger partial charge in [-0.1, -0.05) is 13.0 Å². The summed E-state index contributed by atoms with van der Waals surface area (Å²) in [6, 6.07) is 4.90. The number of rotatable bonds is 5. The molecule has 0 aromatic heterocycles. The number of carbonyl (C=O) groups excluding carboxylic acids is 2. The Hall–Kier alpha value is -2.08. The summed E-state index contributed by atoms with van der Waals surface area (Å²) in [5.41, 5.74) is 12.1. The average Bonchev–Trinajstić information content (AvgIpc) is 2.50. The fourth-order valence-corrected chi connectivity index (χ4v) is 2.86. The average molecular weight is 304 g/mol. The highest BCUT2D eigenvalue weighted by Crippen LogP contribution is 2.25. The number of hydrogen-bond donors (Lipinski definition) is 3. The van der Waals surface area contributed by atoms with Gasteiger partial charge in [-0.3, -0.25) is 9.59 Å². The van der Waals surface area contributed by atoms with E-state index >= 15 is 0 Å². The Morgan fingerprint density at radius 2 is 2.00 bits per heavy atom. The number of anilines is 2. The molecule has 0 aliphatic carbocycles. The van der Waals surface area contributed by atoms with Crippen LogP contribution in [-0.4, -0.2) is 36.3 Å². The maximum Gasteiger partial charge on any atom is 0.250 e. The van der Waals surface area contributed by atoms with Gasteiger partial charge >= 0.3 is 0 Å². The SMILES string of the molecule is CCCN1CCC(C(=O)Nc2cccc(C(N)=O)c2N)CC1. The van der Waals surface area contributed by atoms with Gasteiger partial charge in [0.25, 0.3) is 5.91 Å². The molecule has 0 bridgehead atoms. The Kier molecular flexibility index (Phi) is 5.38. The fourth-order valence-electron chi connectivity index (χ4n) is 2.86. The molecule has 1 aliphatic heterocycles. The minimum absolute atomic E-state index is 0.00950. The third kappa shape index (κ3) is 3.76. The molecule has 2 rings (SSSR count). The third-order valence-electron chi connectivity index (χ3n) is 4.13. The number of amides is 2. The lowest BCUT2D eigenvalue weighted by Crippen LogP contribution is -2.38. The Morgan fingerprint density at radius 3 is 2.59 bits per heavy atom. The summed E-state index contributed by atoms with van der Waals surface area (Å²) >= 11 is 0.